The van der Waals surface area contributed by atoms with Crippen LogP contribution in [0.1, 0.15) is 18.6 Å². The first-order valence-electron chi connectivity index (χ1n) is 5.55. The van der Waals surface area contributed by atoms with Gasteiger partial charge in [-0.15, -0.1) is 0 Å². The van der Waals surface area contributed by atoms with Crippen molar-refractivity contribution >= 4 is 5.91 Å². The van der Waals surface area contributed by atoms with Gasteiger partial charge in [-0.1, -0.05) is 0 Å². The fourth-order valence-electron chi connectivity index (χ4n) is 1.80. The second-order valence-corrected chi connectivity index (χ2v) is 3.93. The van der Waals surface area contributed by atoms with Crippen molar-refractivity contribution in [1.29, 1.82) is 0 Å². The predicted octanol–water partition coefficient (Wildman–Crippen LogP) is 0.334. The summed E-state index contributed by atoms with van der Waals surface area (Å²) in [5.41, 5.74) is 2.09. The maximum atomic E-state index is 11.2. The number of nitrogens with one attached hydrogen (secondary N) is 1. The molecule has 1 aliphatic heterocycles. The quantitative estimate of drug-likeness (QED) is 0.440. The summed E-state index contributed by atoms with van der Waals surface area (Å²) in [5, 5.41) is 0. The lowest BCUT2D eigenvalue weighted by Gasteiger charge is -2.12. The highest BCUT2D eigenvalue weighted by Crippen LogP contribution is 2.20. The molecule has 0 bridgehead atoms. The van der Waals surface area contributed by atoms with Crippen molar-refractivity contribution in [2.24, 2.45) is 5.84 Å². The van der Waals surface area contributed by atoms with Gasteiger partial charge in [0.2, 0.25) is 0 Å². The molecular weight excluding hydrogens is 224 g/mol. The molecule has 2 atom stereocenters. The summed E-state index contributed by atoms with van der Waals surface area (Å²) in [6.07, 6.45) is 2.59. The Balaban J connectivity index is 1.66. The van der Waals surface area contributed by atoms with Crippen LogP contribution in [0.2, 0.25) is 0 Å². The van der Waals surface area contributed by atoms with E-state index in [1.165, 1.54) is 0 Å². The summed E-state index contributed by atoms with van der Waals surface area (Å²) >= 11 is 0. The molecule has 1 amide bonds. The second kappa shape index (κ2) is 5.81. The SMILES string of the molecule is NNC(=O)C1CCC(COCc2ccco2)O1. The Morgan fingerprint density at radius 3 is 3.18 bits per heavy atom. The molecule has 94 valence electrons. The van der Waals surface area contributed by atoms with Crippen molar-refractivity contribution in [3.05, 3.63) is 24.2 Å². The lowest BCUT2D eigenvalue weighted by atomic mass is 10.2. The van der Waals surface area contributed by atoms with E-state index in [1.807, 2.05) is 12.1 Å². The van der Waals surface area contributed by atoms with Crippen LogP contribution in [-0.2, 0) is 20.9 Å². The minimum atomic E-state index is -0.447. The predicted molar refractivity (Wildman–Crippen MR) is 58.6 cm³/mol. The van der Waals surface area contributed by atoms with E-state index < -0.39 is 6.10 Å². The zero-order chi connectivity index (χ0) is 12.1. The maximum absolute atomic E-state index is 11.2. The van der Waals surface area contributed by atoms with Crippen molar-refractivity contribution in [3.63, 3.8) is 0 Å². The first-order chi connectivity index (χ1) is 8.29. The standard InChI is InChI=1S/C11H16N2O4/c12-13-11(14)10-4-3-9(17-10)7-15-6-8-2-1-5-16-8/h1-2,5,9-10H,3-4,6-7,12H2,(H,13,14). The van der Waals surface area contributed by atoms with Gasteiger partial charge in [0.05, 0.1) is 19.0 Å². The van der Waals surface area contributed by atoms with Crippen LogP contribution in [0.4, 0.5) is 0 Å². The first-order valence-corrected chi connectivity index (χ1v) is 5.55. The molecule has 6 nitrogen and oxygen atoms in total. The van der Waals surface area contributed by atoms with Crippen molar-refractivity contribution in [3.8, 4) is 0 Å². The average molecular weight is 240 g/mol. The number of nitrogens with two attached hydrogens (primary N) is 1. The number of rotatable bonds is 5. The third-order valence-electron chi connectivity index (χ3n) is 2.67. The summed E-state index contributed by atoms with van der Waals surface area (Å²) < 4.78 is 16.1. The summed E-state index contributed by atoms with van der Waals surface area (Å²) in [7, 11) is 0. The molecule has 0 spiro atoms. The molecule has 3 N–H and O–H groups in total. The Labute approximate surface area is 99.0 Å². The van der Waals surface area contributed by atoms with Crippen molar-refractivity contribution < 1.29 is 18.7 Å². The Bertz CT molecular complexity index is 352. The van der Waals surface area contributed by atoms with Crippen LogP contribution in [0.25, 0.3) is 0 Å². The number of furan rings is 1. The molecule has 2 unspecified atom stereocenters. The molecule has 2 heterocycles. The van der Waals surface area contributed by atoms with Crippen LogP contribution in [0.15, 0.2) is 22.8 Å². The van der Waals surface area contributed by atoms with E-state index in [0.29, 0.717) is 19.6 Å². The Hall–Kier alpha value is -1.37. The molecule has 0 saturated carbocycles. The number of carbonyl (C=O) groups excluding carboxylic acids is 1. The van der Waals surface area contributed by atoms with Crippen molar-refractivity contribution in [2.75, 3.05) is 6.61 Å². The van der Waals surface area contributed by atoms with Gasteiger partial charge in [0, 0.05) is 0 Å². The number of ether oxygens (including phenoxy) is 2. The number of amides is 1. The molecule has 1 aliphatic rings. The monoisotopic (exact) mass is 240 g/mol. The second-order valence-electron chi connectivity index (χ2n) is 3.93. The van der Waals surface area contributed by atoms with Crippen molar-refractivity contribution in [2.45, 2.75) is 31.7 Å². The van der Waals surface area contributed by atoms with Gasteiger partial charge in [-0.05, 0) is 25.0 Å². The van der Waals surface area contributed by atoms with E-state index in [9.17, 15) is 4.79 Å². The van der Waals surface area contributed by atoms with Gasteiger partial charge in [-0.3, -0.25) is 10.2 Å². The average Bonchev–Trinajstić information content (AvgIpc) is 2.99. The Kier molecular flexibility index (Phi) is 4.13. The number of hydrogen-bond donors (Lipinski definition) is 2. The van der Waals surface area contributed by atoms with Crippen LogP contribution in [-0.4, -0.2) is 24.7 Å². The van der Waals surface area contributed by atoms with Crippen molar-refractivity contribution in [1.82, 2.24) is 5.43 Å². The molecular formula is C11H16N2O4. The molecule has 2 rings (SSSR count). The van der Waals surface area contributed by atoms with Gasteiger partial charge in [0.15, 0.2) is 0 Å². The van der Waals surface area contributed by atoms with E-state index in [4.69, 9.17) is 19.7 Å². The van der Waals surface area contributed by atoms with Crippen LogP contribution >= 0.6 is 0 Å². The number of hydrogen-bond acceptors (Lipinski definition) is 5. The molecule has 1 aromatic rings. The van der Waals surface area contributed by atoms with Gasteiger partial charge in [0.1, 0.15) is 18.5 Å². The highest BCUT2D eigenvalue weighted by molar-refractivity contribution is 5.80. The Morgan fingerprint density at radius 2 is 2.47 bits per heavy atom. The van der Waals surface area contributed by atoms with E-state index >= 15 is 0 Å². The molecule has 0 radical (unpaired) electrons. The molecule has 1 saturated heterocycles. The zero-order valence-electron chi connectivity index (χ0n) is 9.43. The fourth-order valence-corrected chi connectivity index (χ4v) is 1.80. The molecule has 0 aliphatic carbocycles. The molecule has 6 heteroatoms. The highest BCUT2D eigenvalue weighted by atomic mass is 16.5. The lowest BCUT2D eigenvalue weighted by Crippen LogP contribution is -2.39. The summed E-state index contributed by atoms with van der Waals surface area (Å²) in [5.74, 6) is 5.54. The summed E-state index contributed by atoms with van der Waals surface area (Å²) in [6.45, 7) is 0.871. The first kappa shape index (κ1) is 12.1. The summed E-state index contributed by atoms with van der Waals surface area (Å²) in [4.78, 5) is 11.2. The highest BCUT2D eigenvalue weighted by Gasteiger charge is 2.30. The molecule has 1 aromatic heterocycles. The Morgan fingerprint density at radius 1 is 1.59 bits per heavy atom. The van der Waals surface area contributed by atoms with Gasteiger partial charge >= 0.3 is 0 Å². The van der Waals surface area contributed by atoms with Gasteiger partial charge in [-0.25, -0.2) is 5.84 Å². The maximum Gasteiger partial charge on any atom is 0.263 e. The van der Waals surface area contributed by atoms with Crippen LogP contribution < -0.4 is 11.3 Å². The minimum absolute atomic E-state index is 0.0488. The largest absolute Gasteiger partial charge is 0.467 e. The normalized spacial score (nSPS) is 23.8. The third kappa shape index (κ3) is 3.29. The van der Waals surface area contributed by atoms with E-state index in [-0.39, 0.29) is 12.0 Å². The summed E-state index contributed by atoms with van der Waals surface area (Å²) in [6, 6.07) is 3.66. The third-order valence-corrected chi connectivity index (χ3v) is 2.67. The van der Waals surface area contributed by atoms with E-state index in [0.717, 1.165) is 12.2 Å². The lowest BCUT2D eigenvalue weighted by molar-refractivity contribution is -0.133. The van der Waals surface area contributed by atoms with E-state index in [2.05, 4.69) is 5.43 Å². The van der Waals surface area contributed by atoms with Gasteiger partial charge in [-0.2, -0.15) is 0 Å². The number of hydrazine groups is 1. The van der Waals surface area contributed by atoms with Crippen LogP contribution in [0, 0.1) is 0 Å². The zero-order valence-corrected chi connectivity index (χ0v) is 9.43. The molecule has 17 heavy (non-hydrogen) atoms. The molecule has 1 fully saturated rings. The van der Waals surface area contributed by atoms with Gasteiger partial charge in [0.25, 0.3) is 5.91 Å². The van der Waals surface area contributed by atoms with Crippen LogP contribution in [0.3, 0.4) is 0 Å². The smallest absolute Gasteiger partial charge is 0.263 e. The minimum Gasteiger partial charge on any atom is -0.467 e. The topological polar surface area (TPSA) is 86.7 Å². The molecule has 0 aromatic carbocycles. The van der Waals surface area contributed by atoms with E-state index in [1.54, 1.807) is 6.26 Å². The van der Waals surface area contributed by atoms with Crippen LogP contribution in [0.5, 0.6) is 0 Å². The number of carbonyl (C=O) groups is 1. The van der Waals surface area contributed by atoms with Gasteiger partial charge < -0.3 is 13.9 Å². The fraction of sp³-hybridized carbons (Fsp3) is 0.545.